The number of hydrazone groups is 1. The second kappa shape index (κ2) is 9.71. The molecule has 0 aromatic heterocycles. The molecule has 0 aliphatic heterocycles. The molecule has 0 unspecified atom stereocenters. The summed E-state index contributed by atoms with van der Waals surface area (Å²) in [7, 11) is 1.47. The summed E-state index contributed by atoms with van der Waals surface area (Å²) >= 11 is 5.83. The second-order valence-corrected chi connectivity index (χ2v) is 6.76. The average molecular weight is 423 g/mol. The molecule has 0 atom stereocenters. The zero-order chi connectivity index (χ0) is 21.5. The van der Waals surface area contributed by atoms with Gasteiger partial charge in [-0.05, 0) is 66.6 Å². The molecule has 0 heterocycles. The van der Waals surface area contributed by atoms with Gasteiger partial charge in [0.15, 0.2) is 11.5 Å². The van der Waals surface area contributed by atoms with E-state index in [4.69, 9.17) is 21.1 Å². The normalized spacial score (nSPS) is 10.6. The third-order valence-electron chi connectivity index (χ3n) is 4.24. The van der Waals surface area contributed by atoms with Gasteiger partial charge in [-0.25, -0.2) is 10.2 Å². The first-order valence-electron chi connectivity index (χ1n) is 9.03. The summed E-state index contributed by atoms with van der Waals surface area (Å²) in [4.78, 5) is 24.5. The molecule has 3 aromatic carbocycles. The van der Waals surface area contributed by atoms with Crippen molar-refractivity contribution in [1.82, 2.24) is 5.43 Å². The number of esters is 1. The molecule has 0 aliphatic carbocycles. The van der Waals surface area contributed by atoms with Crippen molar-refractivity contribution in [1.29, 1.82) is 0 Å². The number of carbonyl (C=O) groups excluding carboxylic acids is 2. The lowest BCUT2D eigenvalue weighted by molar-refractivity contribution is 0.0729. The largest absolute Gasteiger partial charge is 0.493 e. The van der Waals surface area contributed by atoms with Gasteiger partial charge in [0.05, 0.1) is 18.9 Å². The Hall–Kier alpha value is -3.64. The molecular weight excluding hydrogens is 404 g/mol. The van der Waals surface area contributed by atoms with Gasteiger partial charge >= 0.3 is 5.97 Å². The molecule has 6 nitrogen and oxygen atoms in total. The molecule has 0 aliphatic rings. The predicted molar refractivity (Wildman–Crippen MR) is 116 cm³/mol. The van der Waals surface area contributed by atoms with E-state index in [1.807, 2.05) is 19.1 Å². The molecular formula is C23H19ClN2O4. The number of rotatable bonds is 6. The Morgan fingerprint density at radius 3 is 2.43 bits per heavy atom. The summed E-state index contributed by atoms with van der Waals surface area (Å²) in [5.74, 6) is -0.216. The minimum absolute atomic E-state index is 0.263. The first-order chi connectivity index (χ1) is 14.5. The van der Waals surface area contributed by atoms with Crippen molar-refractivity contribution < 1.29 is 19.1 Å². The van der Waals surface area contributed by atoms with E-state index in [1.54, 1.807) is 54.6 Å². The Bertz CT molecular complexity index is 1090. The van der Waals surface area contributed by atoms with Crippen molar-refractivity contribution >= 4 is 29.7 Å². The van der Waals surface area contributed by atoms with Crippen LogP contribution in [0.3, 0.4) is 0 Å². The molecule has 0 bridgehead atoms. The van der Waals surface area contributed by atoms with Crippen LogP contribution in [0.5, 0.6) is 11.5 Å². The van der Waals surface area contributed by atoms with Crippen LogP contribution < -0.4 is 14.9 Å². The molecule has 0 saturated carbocycles. The molecule has 0 radical (unpaired) electrons. The number of benzene rings is 3. The van der Waals surface area contributed by atoms with Crippen LogP contribution in [0.15, 0.2) is 71.8 Å². The summed E-state index contributed by atoms with van der Waals surface area (Å²) in [5, 5.41) is 4.51. The molecule has 1 N–H and O–H groups in total. The molecule has 0 spiro atoms. The van der Waals surface area contributed by atoms with Gasteiger partial charge < -0.3 is 9.47 Å². The van der Waals surface area contributed by atoms with E-state index in [0.717, 1.165) is 5.56 Å². The van der Waals surface area contributed by atoms with Crippen molar-refractivity contribution in [2.45, 2.75) is 6.92 Å². The summed E-state index contributed by atoms with van der Waals surface area (Å²) in [6.07, 6.45) is 1.48. The lowest BCUT2D eigenvalue weighted by atomic mass is 10.1. The van der Waals surface area contributed by atoms with E-state index in [2.05, 4.69) is 10.5 Å². The van der Waals surface area contributed by atoms with Gasteiger partial charge in [0.25, 0.3) is 5.91 Å². The van der Waals surface area contributed by atoms with Gasteiger partial charge in [-0.3, -0.25) is 4.79 Å². The van der Waals surface area contributed by atoms with E-state index in [9.17, 15) is 9.59 Å². The standard InChI is InChI=1S/C23H19ClN2O4/c1-15-5-3-4-6-19(15)22(27)26-25-14-16-7-12-20(21(13-16)29-2)30-23(28)17-8-10-18(24)11-9-17/h3-14H,1-2H3,(H,26,27)/b25-14-. The topological polar surface area (TPSA) is 77.0 Å². The number of aryl methyl sites for hydroxylation is 1. The zero-order valence-electron chi connectivity index (χ0n) is 16.4. The summed E-state index contributed by atoms with van der Waals surface area (Å²) in [5.41, 5.74) is 4.93. The minimum atomic E-state index is -0.531. The monoisotopic (exact) mass is 422 g/mol. The van der Waals surface area contributed by atoms with Crippen molar-refractivity contribution in [3.8, 4) is 11.5 Å². The highest BCUT2D eigenvalue weighted by molar-refractivity contribution is 6.30. The summed E-state index contributed by atoms with van der Waals surface area (Å²) in [6.45, 7) is 1.85. The van der Waals surface area contributed by atoms with Crippen molar-refractivity contribution in [2.24, 2.45) is 5.10 Å². The third-order valence-corrected chi connectivity index (χ3v) is 4.49. The smallest absolute Gasteiger partial charge is 0.343 e. The summed E-state index contributed by atoms with van der Waals surface area (Å²) < 4.78 is 10.7. The van der Waals surface area contributed by atoms with Gasteiger partial charge in [-0.2, -0.15) is 5.10 Å². The van der Waals surface area contributed by atoms with Gasteiger partial charge in [0.2, 0.25) is 0 Å². The van der Waals surface area contributed by atoms with Gasteiger partial charge in [-0.15, -0.1) is 0 Å². The fourth-order valence-corrected chi connectivity index (χ4v) is 2.77. The van der Waals surface area contributed by atoms with Crippen LogP contribution in [0.25, 0.3) is 0 Å². The Kier molecular flexibility index (Phi) is 6.83. The maximum absolute atomic E-state index is 12.3. The molecule has 3 rings (SSSR count). The van der Waals surface area contributed by atoms with E-state index >= 15 is 0 Å². The van der Waals surface area contributed by atoms with E-state index in [-0.39, 0.29) is 11.7 Å². The first-order valence-corrected chi connectivity index (χ1v) is 9.40. The van der Waals surface area contributed by atoms with E-state index in [0.29, 0.717) is 27.5 Å². The van der Waals surface area contributed by atoms with Crippen LogP contribution >= 0.6 is 11.6 Å². The maximum Gasteiger partial charge on any atom is 0.343 e. The number of carbonyl (C=O) groups is 2. The third kappa shape index (κ3) is 5.24. The van der Waals surface area contributed by atoms with Gasteiger partial charge in [0, 0.05) is 10.6 Å². The SMILES string of the molecule is COc1cc(/C=N\NC(=O)c2ccccc2C)ccc1OC(=O)c1ccc(Cl)cc1. The number of halogens is 1. The number of hydrogen-bond donors (Lipinski definition) is 1. The Morgan fingerprint density at radius 1 is 1.00 bits per heavy atom. The average Bonchev–Trinajstić information content (AvgIpc) is 2.75. The number of nitrogens with zero attached hydrogens (tertiary/aromatic N) is 1. The molecule has 30 heavy (non-hydrogen) atoms. The van der Waals surface area contributed by atoms with Crippen LogP contribution in [0.2, 0.25) is 5.02 Å². The quantitative estimate of drug-likeness (QED) is 0.272. The van der Waals surface area contributed by atoms with Crippen LogP contribution in [-0.2, 0) is 0 Å². The fraction of sp³-hybridized carbons (Fsp3) is 0.0870. The molecule has 152 valence electrons. The van der Waals surface area contributed by atoms with Gasteiger partial charge in [-0.1, -0.05) is 29.8 Å². The lowest BCUT2D eigenvalue weighted by Crippen LogP contribution is -2.18. The van der Waals surface area contributed by atoms with Crippen molar-refractivity contribution in [3.63, 3.8) is 0 Å². The first kappa shape index (κ1) is 21.1. The van der Waals surface area contributed by atoms with Crippen molar-refractivity contribution in [3.05, 3.63) is 94.0 Å². The van der Waals surface area contributed by atoms with Crippen LogP contribution in [-0.4, -0.2) is 25.2 Å². The zero-order valence-corrected chi connectivity index (χ0v) is 17.1. The number of ether oxygens (including phenoxy) is 2. The van der Waals surface area contributed by atoms with Gasteiger partial charge in [0.1, 0.15) is 0 Å². The summed E-state index contributed by atoms with van der Waals surface area (Å²) in [6, 6.07) is 18.6. The fourth-order valence-electron chi connectivity index (χ4n) is 2.65. The molecule has 0 fully saturated rings. The number of nitrogens with one attached hydrogen (secondary N) is 1. The van der Waals surface area contributed by atoms with E-state index in [1.165, 1.54) is 13.3 Å². The highest BCUT2D eigenvalue weighted by Gasteiger charge is 2.13. The molecule has 1 amide bonds. The minimum Gasteiger partial charge on any atom is -0.493 e. The Morgan fingerprint density at radius 2 is 1.73 bits per heavy atom. The van der Waals surface area contributed by atoms with Crippen LogP contribution in [0, 0.1) is 6.92 Å². The Labute approximate surface area is 179 Å². The Balaban J connectivity index is 1.68. The number of methoxy groups -OCH3 is 1. The maximum atomic E-state index is 12.3. The number of hydrogen-bond acceptors (Lipinski definition) is 5. The highest BCUT2D eigenvalue weighted by Crippen LogP contribution is 2.28. The molecule has 0 saturated heterocycles. The highest BCUT2D eigenvalue weighted by atomic mass is 35.5. The van der Waals surface area contributed by atoms with Crippen LogP contribution in [0.1, 0.15) is 31.8 Å². The van der Waals surface area contributed by atoms with E-state index < -0.39 is 5.97 Å². The van der Waals surface area contributed by atoms with Crippen LogP contribution in [0.4, 0.5) is 0 Å². The predicted octanol–water partition coefficient (Wildman–Crippen LogP) is 4.64. The number of amides is 1. The molecule has 7 heteroatoms. The lowest BCUT2D eigenvalue weighted by Gasteiger charge is -2.10. The second-order valence-electron chi connectivity index (χ2n) is 6.32. The van der Waals surface area contributed by atoms with Crippen molar-refractivity contribution in [2.75, 3.05) is 7.11 Å². The molecule has 3 aromatic rings.